The van der Waals surface area contributed by atoms with Gasteiger partial charge in [0, 0.05) is 26.2 Å². The average Bonchev–Trinajstić information content (AvgIpc) is 3.23. The Hall–Kier alpha value is -1.16. The van der Waals surface area contributed by atoms with Gasteiger partial charge in [0.1, 0.15) is 0 Å². The van der Waals surface area contributed by atoms with E-state index in [4.69, 9.17) is 11.6 Å². The van der Waals surface area contributed by atoms with Gasteiger partial charge in [0.25, 0.3) is 5.91 Å². The molecule has 0 bridgehead atoms. The third-order valence-corrected chi connectivity index (χ3v) is 8.92. The van der Waals surface area contributed by atoms with Crippen LogP contribution in [0, 0.1) is 0 Å². The van der Waals surface area contributed by atoms with Crippen molar-refractivity contribution in [2.24, 2.45) is 0 Å². The highest BCUT2D eigenvalue weighted by atomic mass is 35.5. The SMILES string of the molecule is CN(C(=O)c1cc(S(=O)(=O)N2CCCC2)ccc1Cl)C1CCS(=O)(=O)C1. The minimum absolute atomic E-state index is 0.0274. The first-order chi connectivity index (χ1) is 12.1. The van der Waals surface area contributed by atoms with E-state index >= 15 is 0 Å². The van der Waals surface area contributed by atoms with Crippen LogP contribution in [0.15, 0.2) is 23.1 Å². The fourth-order valence-corrected chi connectivity index (χ4v) is 6.86. The summed E-state index contributed by atoms with van der Waals surface area (Å²) in [6.45, 7) is 0.933. The van der Waals surface area contributed by atoms with Crippen molar-refractivity contribution in [3.63, 3.8) is 0 Å². The third-order valence-electron chi connectivity index (χ3n) is 4.95. The molecule has 0 aromatic heterocycles. The maximum Gasteiger partial charge on any atom is 0.255 e. The smallest absolute Gasteiger partial charge is 0.255 e. The molecule has 2 fully saturated rings. The van der Waals surface area contributed by atoms with Gasteiger partial charge in [-0.15, -0.1) is 0 Å². The molecule has 1 aromatic carbocycles. The Morgan fingerprint density at radius 3 is 2.50 bits per heavy atom. The fourth-order valence-electron chi connectivity index (χ4n) is 3.34. The molecule has 2 heterocycles. The number of hydrogen-bond acceptors (Lipinski definition) is 5. The van der Waals surface area contributed by atoms with Gasteiger partial charge in [-0.1, -0.05) is 11.6 Å². The van der Waals surface area contributed by atoms with Gasteiger partial charge in [0.2, 0.25) is 10.0 Å². The lowest BCUT2D eigenvalue weighted by Gasteiger charge is -2.24. The zero-order valence-electron chi connectivity index (χ0n) is 14.4. The quantitative estimate of drug-likeness (QED) is 0.733. The predicted octanol–water partition coefficient (Wildman–Crippen LogP) is 1.38. The highest BCUT2D eigenvalue weighted by molar-refractivity contribution is 7.91. The van der Waals surface area contributed by atoms with E-state index in [1.807, 2.05) is 0 Å². The first-order valence-electron chi connectivity index (χ1n) is 8.39. The van der Waals surface area contributed by atoms with Crippen molar-refractivity contribution in [2.45, 2.75) is 30.2 Å². The highest BCUT2D eigenvalue weighted by Crippen LogP contribution is 2.27. The van der Waals surface area contributed by atoms with E-state index < -0.39 is 31.8 Å². The van der Waals surface area contributed by atoms with Gasteiger partial charge in [-0.2, -0.15) is 4.31 Å². The summed E-state index contributed by atoms with van der Waals surface area (Å²) in [5, 5.41) is 0.142. The van der Waals surface area contributed by atoms with Crippen molar-refractivity contribution in [1.29, 1.82) is 0 Å². The normalized spacial score (nSPS) is 23.2. The Morgan fingerprint density at radius 2 is 1.92 bits per heavy atom. The second kappa shape index (κ2) is 7.10. The van der Waals surface area contributed by atoms with Crippen LogP contribution in [0.25, 0.3) is 0 Å². The van der Waals surface area contributed by atoms with Gasteiger partial charge in [0.15, 0.2) is 9.84 Å². The van der Waals surface area contributed by atoms with Gasteiger partial charge in [-0.05, 0) is 37.5 Å². The van der Waals surface area contributed by atoms with E-state index in [1.54, 1.807) is 0 Å². The van der Waals surface area contributed by atoms with Crippen LogP contribution in [0.1, 0.15) is 29.6 Å². The van der Waals surface area contributed by atoms with Crippen LogP contribution in [0.2, 0.25) is 5.02 Å². The summed E-state index contributed by atoms with van der Waals surface area (Å²) in [5.41, 5.74) is 0.0683. The molecule has 2 saturated heterocycles. The molecule has 0 aliphatic carbocycles. The monoisotopic (exact) mass is 420 g/mol. The largest absolute Gasteiger partial charge is 0.338 e. The first-order valence-corrected chi connectivity index (χ1v) is 12.0. The maximum atomic E-state index is 12.8. The van der Waals surface area contributed by atoms with Gasteiger partial charge in [-0.25, -0.2) is 16.8 Å². The molecule has 2 aliphatic rings. The predicted molar refractivity (Wildman–Crippen MR) is 98.6 cm³/mol. The first kappa shape index (κ1) is 19.6. The highest BCUT2D eigenvalue weighted by Gasteiger charge is 2.34. The Kier molecular flexibility index (Phi) is 5.35. The molecule has 1 amide bonds. The van der Waals surface area contributed by atoms with Crippen LogP contribution in [-0.4, -0.2) is 69.6 Å². The lowest BCUT2D eigenvalue weighted by atomic mass is 10.1. The lowest BCUT2D eigenvalue weighted by molar-refractivity contribution is 0.0747. The average molecular weight is 421 g/mol. The number of carbonyl (C=O) groups excluding carboxylic acids is 1. The number of halogens is 1. The molecule has 7 nitrogen and oxygen atoms in total. The van der Waals surface area contributed by atoms with Crippen LogP contribution < -0.4 is 0 Å². The molecule has 0 spiro atoms. The number of amides is 1. The van der Waals surface area contributed by atoms with Crippen molar-refractivity contribution in [2.75, 3.05) is 31.6 Å². The fraction of sp³-hybridized carbons (Fsp3) is 0.562. The van der Waals surface area contributed by atoms with Crippen molar-refractivity contribution < 1.29 is 21.6 Å². The topological polar surface area (TPSA) is 91.8 Å². The number of hydrogen-bond donors (Lipinski definition) is 0. The number of sulfonamides is 1. The molecule has 2 aliphatic heterocycles. The minimum atomic E-state index is -3.67. The zero-order chi connectivity index (χ0) is 19.1. The summed E-state index contributed by atoms with van der Waals surface area (Å²) in [6.07, 6.45) is 2.00. The van der Waals surface area contributed by atoms with Gasteiger partial charge in [-0.3, -0.25) is 4.79 Å². The van der Waals surface area contributed by atoms with Gasteiger partial charge in [0.05, 0.1) is 27.0 Å². The second-order valence-electron chi connectivity index (χ2n) is 6.73. The van der Waals surface area contributed by atoms with Crippen LogP contribution in [0.5, 0.6) is 0 Å². The van der Waals surface area contributed by atoms with Crippen LogP contribution in [0.3, 0.4) is 0 Å². The molecule has 26 heavy (non-hydrogen) atoms. The van der Waals surface area contributed by atoms with E-state index in [0.717, 1.165) is 12.8 Å². The Morgan fingerprint density at radius 1 is 1.27 bits per heavy atom. The van der Waals surface area contributed by atoms with Gasteiger partial charge < -0.3 is 4.90 Å². The molecule has 0 radical (unpaired) electrons. The second-order valence-corrected chi connectivity index (χ2v) is 11.3. The van der Waals surface area contributed by atoms with Crippen molar-refractivity contribution in [1.82, 2.24) is 9.21 Å². The molecule has 1 atom stereocenters. The van der Waals surface area contributed by atoms with E-state index in [9.17, 15) is 21.6 Å². The van der Waals surface area contributed by atoms with Crippen molar-refractivity contribution in [3.05, 3.63) is 28.8 Å². The van der Waals surface area contributed by atoms with Crippen molar-refractivity contribution >= 4 is 37.4 Å². The molecule has 0 N–H and O–H groups in total. The number of carbonyl (C=O) groups is 1. The maximum absolute atomic E-state index is 12.8. The molecular weight excluding hydrogens is 400 g/mol. The Labute approximate surface area is 158 Å². The molecule has 1 aromatic rings. The number of sulfone groups is 1. The summed E-state index contributed by atoms with van der Waals surface area (Å²) >= 11 is 6.13. The van der Waals surface area contributed by atoms with E-state index in [1.165, 1.54) is 34.5 Å². The van der Waals surface area contributed by atoms with Crippen molar-refractivity contribution in [3.8, 4) is 0 Å². The van der Waals surface area contributed by atoms with E-state index in [0.29, 0.717) is 19.5 Å². The zero-order valence-corrected chi connectivity index (χ0v) is 16.8. The summed E-state index contributed by atoms with van der Waals surface area (Å²) in [7, 11) is -5.29. The molecule has 1 unspecified atom stereocenters. The molecule has 0 saturated carbocycles. The lowest BCUT2D eigenvalue weighted by Crippen LogP contribution is -2.38. The van der Waals surface area contributed by atoms with Crippen LogP contribution in [0.4, 0.5) is 0 Å². The Bertz CT molecular complexity index is 924. The number of rotatable bonds is 4. The van der Waals surface area contributed by atoms with E-state index in [2.05, 4.69) is 0 Å². The van der Waals surface area contributed by atoms with Crippen LogP contribution >= 0.6 is 11.6 Å². The number of nitrogens with zero attached hydrogens (tertiary/aromatic N) is 2. The molecular formula is C16H21ClN2O5S2. The number of benzene rings is 1. The summed E-state index contributed by atoms with van der Waals surface area (Å²) in [6, 6.07) is 3.66. The third kappa shape index (κ3) is 3.76. The van der Waals surface area contributed by atoms with Crippen LogP contribution in [-0.2, 0) is 19.9 Å². The standard InChI is InChI=1S/C16H21ClN2O5S2/c1-18(12-6-9-25(21,22)11-12)16(20)14-10-13(4-5-15(14)17)26(23,24)19-7-2-3-8-19/h4-5,10,12H,2-3,6-9,11H2,1H3. The summed E-state index contributed by atoms with van der Waals surface area (Å²) in [5.74, 6) is -0.513. The Balaban J connectivity index is 1.89. The molecule has 144 valence electrons. The molecule has 10 heteroatoms. The van der Waals surface area contributed by atoms with E-state index in [-0.39, 0.29) is 27.0 Å². The van der Waals surface area contributed by atoms with Gasteiger partial charge >= 0.3 is 0 Å². The minimum Gasteiger partial charge on any atom is -0.338 e. The molecule has 3 rings (SSSR count). The summed E-state index contributed by atoms with van der Waals surface area (Å²) in [4.78, 5) is 14.2. The summed E-state index contributed by atoms with van der Waals surface area (Å²) < 4.78 is 50.1.